The average Bonchev–Trinajstić information content (AvgIpc) is 3.37. The highest BCUT2D eigenvalue weighted by Gasteiger charge is 2.41. The van der Waals surface area contributed by atoms with Crippen molar-refractivity contribution in [2.75, 3.05) is 23.7 Å². The monoisotopic (exact) mass is 495 g/mol. The van der Waals surface area contributed by atoms with E-state index >= 15 is 0 Å². The van der Waals surface area contributed by atoms with Gasteiger partial charge in [-0.05, 0) is 60.6 Å². The molecule has 0 bridgehead atoms. The van der Waals surface area contributed by atoms with Gasteiger partial charge in [-0.25, -0.2) is 0 Å². The van der Waals surface area contributed by atoms with Gasteiger partial charge in [-0.2, -0.15) is 13.2 Å². The van der Waals surface area contributed by atoms with Crippen LogP contribution in [-0.2, 0) is 17.5 Å². The molecule has 1 aliphatic heterocycles. The van der Waals surface area contributed by atoms with Crippen LogP contribution in [0.5, 0.6) is 0 Å². The molecule has 36 heavy (non-hydrogen) atoms. The second kappa shape index (κ2) is 9.89. The SMILES string of the molecule is CC(=O)Nc1ccc(-c2ccc(NC3CC4CN(Cc5ccccc5C(F)(F)F)C[C@H]4C3)nn2)cc1. The van der Waals surface area contributed by atoms with Gasteiger partial charge in [0.2, 0.25) is 5.91 Å². The van der Waals surface area contributed by atoms with E-state index in [1.165, 1.54) is 19.1 Å². The lowest BCUT2D eigenvalue weighted by atomic mass is 10.0. The number of nitrogens with zero attached hydrogens (tertiary/aromatic N) is 3. The average molecular weight is 496 g/mol. The molecule has 0 spiro atoms. The number of nitrogens with one attached hydrogen (secondary N) is 2. The molecule has 1 saturated carbocycles. The zero-order valence-corrected chi connectivity index (χ0v) is 19.9. The molecule has 2 aliphatic rings. The molecule has 3 atom stereocenters. The van der Waals surface area contributed by atoms with Crippen molar-refractivity contribution in [1.82, 2.24) is 15.1 Å². The van der Waals surface area contributed by atoms with Crippen LogP contribution in [0.1, 0.15) is 30.9 Å². The molecule has 1 aliphatic carbocycles. The first kappa shape index (κ1) is 24.2. The molecule has 9 heteroatoms. The number of benzene rings is 2. The highest BCUT2D eigenvalue weighted by molar-refractivity contribution is 5.88. The van der Waals surface area contributed by atoms with Gasteiger partial charge in [0.25, 0.3) is 0 Å². The van der Waals surface area contributed by atoms with Crippen molar-refractivity contribution in [1.29, 1.82) is 0 Å². The number of anilines is 2. The number of amides is 1. The first-order valence-corrected chi connectivity index (χ1v) is 12.1. The fourth-order valence-corrected chi connectivity index (χ4v) is 5.52. The van der Waals surface area contributed by atoms with Gasteiger partial charge in [0.1, 0.15) is 5.82 Å². The van der Waals surface area contributed by atoms with Crippen molar-refractivity contribution in [3.8, 4) is 11.3 Å². The van der Waals surface area contributed by atoms with E-state index in [1.54, 1.807) is 12.1 Å². The standard InChI is InChI=1S/C27H28F3N5O/c1-17(36)31-22-8-6-18(7-9-22)25-10-11-26(34-33-25)32-23-12-20-15-35(16-21(20)13-23)14-19-4-2-3-5-24(19)27(28,29)30/h2-11,20-21,23H,12-16H2,1H3,(H,31,36)(H,32,34)/t20-,21?,23?/m1/s1. The summed E-state index contributed by atoms with van der Waals surface area (Å²) in [6.45, 7) is 3.43. The highest BCUT2D eigenvalue weighted by Crippen LogP contribution is 2.40. The molecule has 2 fully saturated rings. The maximum Gasteiger partial charge on any atom is 0.416 e. The van der Waals surface area contributed by atoms with Crippen molar-refractivity contribution >= 4 is 17.4 Å². The summed E-state index contributed by atoms with van der Waals surface area (Å²) in [7, 11) is 0. The normalized spacial score (nSPS) is 21.8. The van der Waals surface area contributed by atoms with Crippen LogP contribution in [0.4, 0.5) is 24.7 Å². The summed E-state index contributed by atoms with van der Waals surface area (Å²) in [4.78, 5) is 13.3. The lowest BCUT2D eigenvalue weighted by molar-refractivity contribution is -0.138. The quantitative estimate of drug-likeness (QED) is 0.476. The molecule has 6 nitrogen and oxygen atoms in total. The molecule has 2 aromatic carbocycles. The Morgan fingerprint density at radius 2 is 1.67 bits per heavy atom. The number of hydrogen-bond donors (Lipinski definition) is 2. The van der Waals surface area contributed by atoms with Gasteiger partial charge in [-0.1, -0.05) is 30.3 Å². The van der Waals surface area contributed by atoms with Gasteiger partial charge >= 0.3 is 6.18 Å². The molecule has 5 rings (SSSR count). The van der Waals surface area contributed by atoms with Crippen molar-refractivity contribution in [3.63, 3.8) is 0 Å². The Labute approximate surface area is 207 Å². The summed E-state index contributed by atoms with van der Waals surface area (Å²) in [5.74, 6) is 1.54. The summed E-state index contributed by atoms with van der Waals surface area (Å²) < 4.78 is 40.0. The molecule has 3 aromatic rings. The maximum absolute atomic E-state index is 13.3. The second-order valence-corrected chi connectivity index (χ2v) is 9.74. The Hall–Kier alpha value is -3.46. The topological polar surface area (TPSA) is 70.2 Å². The van der Waals surface area contributed by atoms with Crippen molar-refractivity contribution in [2.24, 2.45) is 11.8 Å². The Kier molecular flexibility index (Phi) is 6.66. The molecule has 188 valence electrons. The second-order valence-electron chi connectivity index (χ2n) is 9.74. The van der Waals surface area contributed by atoms with E-state index in [1.807, 2.05) is 36.4 Å². The third kappa shape index (κ3) is 5.51. The van der Waals surface area contributed by atoms with E-state index in [2.05, 4.69) is 25.7 Å². The highest BCUT2D eigenvalue weighted by atomic mass is 19.4. The van der Waals surface area contributed by atoms with Gasteiger partial charge < -0.3 is 10.6 Å². The van der Waals surface area contributed by atoms with Crippen LogP contribution in [0, 0.1) is 11.8 Å². The third-order valence-electron chi connectivity index (χ3n) is 7.06. The summed E-state index contributed by atoms with van der Waals surface area (Å²) in [6, 6.07) is 17.4. The largest absolute Gasteiger partial charge is 0.416 e. The summed E-state index contributed by atoms with van der Waals surface area (Å²) in [6.07, 6.45) is -2.39. The molecule has 1 amide bonds. The first-order valence-electron chi connectivity index (χ1n) is 12.1. The lowest BCUT2D eigenvalue weighted by Gasteiger charge is -2.21. The fraction of sp³-hybridized carbons (Fsp3) is 0.370. The van der Waals surface area contributed by atoms with E-state index in [9.17, 15) is 18.0 Å². The van der Waals surface area contributed by atoms with Crippen molar-refractivity contribution < 1.29 is 18.0 Å². The van der Waals surface area contributed by atoms with Crippen LogP contribution >= 0.6 is 0 Å². The Morgan fingerprint density at radius 3 is 2.28 bits per heavy atom. The van der Waals surface area contributed by atoms with Gasteiger partial charge in [-0.3, -0.25) is 9.69 Å². The van der Waals surface area contributed by atoms with E-state index in [0.29, 0.717) is 23.9 Å². The lowest BCUT2D eigenvalue weighted by Crippen LogP contribution is -2.26. The number of aromatic nitrogens is 2. The molecule has 1 saturated heterocycles. The summed E-state index contributed by atoms with van der Waals surface area (Å²) in [5.41, 5.74) is 2.19. The Morgan fingerprint density at radius 1 is 0.972 bits per heavy atom. The number of carbonyl (C=O) groups excluding carboxylic acids is 1. The predicted molar refractivity (Wildman–Crippen MR) is 132 cm³/mol. The number of likely N-dealkylation sites (tertiary alicyclic amines) is 1. The smallest absolute Gasteiger partial charge is 0.366 e. The summed E-state index contributed by atoms with van der Waals surface area (Å²) in [5, 5.41) is 14.9. The molecular weight excluding hydrogens is 467 g/mol. The Bertz CT molecular complexity index is 1200. The number of carbonyl (C=O) groups is 1. The zero-order chi connectivity index (χ0) is 25.3. The first-order chi connectivity index (χ1) is 17.2. The predicted octanol–water partition coefficient (Wildman–Crippen LogP) is 5.44. The fourth-order valence-electron chi connectivity index (χ4n) is 5.52. The third-order valence-corrected chi connectivity index (χ3v) is 7.06. The van der Waals surface area contributed by atoms with E-state index < -0.39 is 11.7 Å². The zero-order valence-electron chi connectivity index (χ0n) is 19.9. The van der Waals surface area contributed by atoms with Gasteiger partial charge in [0.15, 0.2) is 0 Å². The van der Waals surface area contributed by atoms with E-state index in [0.717, 1.165) is 48.7 Å². The number of halogens is 3. The van der Waals surface area contributed by atoms with Crippen molar-refractivity contribution in [2.45, 2.75) is 38.5 Å². The molecule has 2 heterocycles. The van der Waals surface area contributed by atoms with Gasteiger partial charge in [-0.15, -0.1) is 10.2 Å². The van der Waals surface area contributed by atoms with Gasteiger partial charge in [0.05, 0.1) is 11.3 Å². The van der Waals surface area contributed by atoms with Crippen LogP contribution in [0.3, 0.4) is 0 Å². The molecule has 1 aromatic heterocycles. The number of fused-ring (bicyclic) bond motifs is 1. The van der Waals surface area contributed by atoms with Crippen LogP contribution in [0.2, 0.25) is 0 Å². The number of alkyl halides is 3. The van der Waals surface area contributed by atoms with Crippen LogP contribution in [0.25, 0.3) is 11.3 Å². The van der Waals surface area contributed by atoms with E-state index in [-0.39, 0.29) is 11.9 Å². The molecular formula is C27H28F3N5O. The van der Waals surface area contributed by atoms with Crippen LogP contribution in [-0.4, -0.2) is 40.1 Å². The van der Waals surface area contributed by atoms with Gasteiger partial charge in [0, 0.05) is 43.9 Å². The molecule has 0 radical (unpaired) electrons. The molecule has 2 N–H and O–H groups in total. The van der Waals surface area contributed by atoms with Crippen LogP contribution < -0.4 is 10.6 Å². The Balaban J connectivity index is 1.14. The number of rotatable bonds is 6. The van der Waals surface area contributed by atoms with Crippen molar-refractivity contribution in [3.05, 3.63) is 71.8 Å². The summed E-state index contributed by atoms with van der Waals surface area (Å²) >= 11 is 0. The van der Waals surface area contributed by atoms with Crippen LogP contribution in [0.15, 0.2) is 60.7 Å². The minimum absolute atomic E-state index is 0.117. The van der Waals surface area contributed by atoms with E-state index in [4.69, 9.17) is 0 Å². The number of hydrogen-bond acceptors (Lipinski definition) is 5. The minimum Gasteiger partial charge on any atom is -0.366 e. The minimum atomic E-state index is -4.33. The molecule has 2 unspecified atom stereocenters. The maximum atomic E-state index is 13.3.